The lowest BCUT2D eigenvalue weighted by Gasteiger charge is -2.00. The molecule has 7 heterocycles. The molecular weight excluding hydrogens is 647 g/mol. The number of rotatable bonds is 0. The van der Waals surface area contributed by atoms with Crippen molar-refractivity contribution in [2.45, 2.75) is 0 Å². The SMILES string of the molecule is c1ccc2ncccc2c1.c1ccc2ncncc2c1.c1ccncc1.c1cnc2c(c1)ccc1cccnc12.c1cncnc1.c1ncncn1. The smallest absolute Gasteiger partial charge is 0.119 e. The first-order chi connectivity index (χ1) is 25.9. The van der Waals surface area contributed by atoms with Crippen LogP contribution in [0.15, 0.2) is 203 Å². The number of hydrogen-bond donors (Lipinski definition) is 0. The summed E-state index contributed by atoms with van der Waals surface area (Å²) in [6, 6.07) is 39.6. The molecule has 0 aliphatic rings. The van der Waals surface area contributed by atoms with E-state index in [0.717, 1.165) is 38.2 Å². The largest absolute Gasteiger partial charge is 0.265 e. The molecule has 7 aromatic heterocycles. The van der Waals surface area contributed by atoms with Crippen molar-refractivity contribution in [3.8, 4) is 0 Å². The standard InChI is InChI=1S/C12H8N2.C9H7N.C8H6N2.C5H5N.C4H4N2.C3H3N3/c1-3-9-5-6-10-4-2-8-14-12(10)11(9)13-7-1;1-2-6-9-8(4-1)5-3-7-10-9;1-2-4-8-7(3-1)5-9-6-10-8;1-2-4-6-5-3-1;1-2-5-4-6-3-1;1-4-2-6-3-5-1/h1-8H;1-7H;1-6H;1-5H;1-4H;1-3H. The predicted octanol–water partition coefficient (Wildman–Crippen LogP) is 8.08. The average molecular weight is 680 g/mol. The fraction of sp³-hybridized carbons (Fsp3) is 0. The Hall–Kier alpha value is -7.53. The van der Waals surface area contributed by atoms with E-state index in [1.165, 1.54) is 30.7 Å². The fourth-order valence-electron chi connectivity index (χ4n) is 4.39. The quantitative estimate of drug-likeness (QED) is 0.144. The zero-order valence-electron chi connectivity index (χ0n) is 28.0. The first kappa shape index (κ1) is 35.8. The number of hydrogen-bond acceptors (Lipinski definition) is 11. The molecule has 52 heavy (non-hydrogen) atoms. The van der Waals surface area contributed by atoms with Crippen LogP contribution in [0.2, 0.25) is 0 Å². The van der Waals surface area contributed by atoms with Crippen molar-refractivity contribution in [1.29, 1.82) is 0 Å². The van der Waals surface area contributed by atoms with Crippen LogP contribution >= 0.6 is 0 Å². The molecule has 0 saturated heterocycles. The molecule has 3 aromatic carbocycles. The number of fused-ring (bicyclic) bond motifs is 5. The van der Waals surface area contributed by atoms with E-state index in [0.29, 0.717) is 0 Å². The molecule has 10 aromatic rings. The van der Waals surface area contributed by atoms with E-state index < -0.39 is 0 Å². The van der Waals surface area contributed by atoms with Crippen LogP contribution in [0.3, 0.4) is 0 Å². The third kappa shape index (κ3) is 12.2. The van der Waals surface area contributed by atoms with E-state index in [4.69, 9.17) is 0 Å². The maximum Gasteiger partial charge on any atom is 0.119 e. The van der Waals surface area contributed by atoms with Gasteiger partial charge in [-0.15, -0.1) is 0 Å². The molecule has 11 nitrogen and oxygen atoms in total. The summed E-state index contributed by atoms with van der Waals surface area (Å²) in [5.74, 6) is 0. The third-order valence-electron chi connectivity index (χ3n) is 6.71. The number of nitrogens with zero attached hydrogens (tertiary/aromatic N) is 11. The summed E-state index contributed by atoms with van der Waals surface area (Å²) in [5, 5.41) is 4.56. The second kappa shape index (κ2) is 21.4. The summed E-state index contributed by atoms with van der Waals surface area (Å²) in [5.41, 5.74) is 4.01. The average Bonchev–Trinajstić information content (AvgIpc) is 3.27. The summed E-state index contributed by atoms with van der Waals surface area (Å²) in [7, 11) is 0. The molecule has 0 unspecified atom stereocenters. The van der Waals surface area contributed by atoms with Crippen molar-refractivity contribution in [3.63, 3.8) is 0 Å². The van der Waals surface area contributed by atoms with Crippen LogP contribution in [0.5, 0.6) is 0 Å². The van der Waals surface area contributed by atoms with Gasteiger partial charge in [-0.05, 0) is 48.5 Å². The number of benzene rings is 3. The van der Waals surface area contributed by atoms with E-state index >= 15 is 0 Å². The van der Waals surface area contributed by atoms with Gasteiger partial charge in [0.1, 0.15) is 31.6 Å². The van der Waals surface area contributed by atoms with Gasteiger partial charge in [-0.1, -0.05) is 72.8 Å². The zero-order valence-corrected chi connectivity index (χ0v) is 28.0. The monoisotopic (exact) mass is 679 g/mol. The first-order valence-electron chi connectivity index (χ1n) is 16.0. The molecule has 0 radical (unpaired) electrons. The molecule has 0 spiro atoms. The topological polar surface area (TPSA) is 142 Å². The van der Waals surface area contributed by atoms with Crippen LogP contribution < -0.4 is 0 Å². The molecule has 0 aliphatic heterocycles. The van der Waals surface area contributed by atoms with Gasteiger partial charge in [0.25, 0.3) is 0 Å². The van der Waals surface area contributed by atoms with Gasteiger partial charge >= 0.3 is 0 Å². The van der Waals surface area contributed by atoms with E-state index in [1.807, 2.05) is 91.3 Å². The van der Waals surface area contributed by atoms with Crippen molar-refractivity contribution in [1.82, 2.24) is 54.8 Å². The summed E-state index contributed by atoms with van der Waals surface area (Å²) in [4.78, 5) is 42.7. The van der Waals surface area contributed by atoms with Crippen LogP contribution in [-0.4, -0.2) is 54.8 Å². The van der Waals surface area contributed by atoms with Gasteiger partial charge < -0.3 is 0 Å². The van der Waals surface area contributed by atoms with Crippen LogP contribution in [0.4, 0.5) is 0 Å². The number of para-hydroxylation sites is 2. The second-order valence-corrected chi connectivity index (χ2v) is 10.2. The van der Waals surface area contributed by atoms with Crippen LogP contribution in [0.1, 0.15) is 0 Å². The molecule has 0 saturated carbocycles. The van der Waals surface area contributed by atoms with Crippen LogP contribution in [-0.2, 0) is 0 Å². The van der Waals surface area contributed by atoms with Gasteiger partial charge in [-0.2, -0.15) is 0 Å². The Labute approximate surface area is 300 Å². The van der Waals surface area contributed by atoms with E-state index in [9.17, 15) is 0 Å². The van der Waals surface area contributed by atoms with E-state index in [-0.39, 0.29) is 0 Å². The fourth-order valence-corrected chi connectivity index (χ4v) is 4.39. The van der Waals surface area contributed by atoms with Gasteiger partial charge in [0.2, 0.25) is 0 Å². The molecule has 0 bridgehead atoms. The molecule has 11 heteroatoms. The maximum atomic E-state index is 4.35. The van der Waals surface area contributed by atoms with Crippen molar-refractivity contribution in [2.75, 3.05) is 0 Å². The molecule has 0 aliphatic carbocycles. The first-order valence-corrected chi connectivity index (χ1v) is 16.0. The van der Waals surface area contributed by atoms with Crippen LogP contribution in [0, 0.1) is 0 Å². The van der Waals surface area contributed by atoms with Gasteiger partial charge in [-0.3, -0.25) is 19.9 Å². The summed E-state index contributed by atoms with van der Waals surface area (Å²) >= 11 is 0. The Morgan fingerprint density at radius 3 is 1.19 bits per heavy atom. The normalized spacial score (nSPS) is 9.54. The van der Waals surface area contributed by atoms with Crippen molar-refractivity contribution < 1.29 is 0 Å². The minimum Gasteiger partial charge on any atom is -0.265 e. The maximum absolute atomic E-state index is 4.35. The number of pyridine rings is 4. The minimum atomic E-state index is 0.977. The highest BCUT2D eigenvalue weighted by Gasteiger charge is 2.00. The second-order valence-electron chi connectivity index (χ2n) is 10.2. The van der Waals surface area contributed by atoms with E-state index in [1.54, 1.807) is 49.6 Å². The van der Waals surface area contributed by atoms with Crippen molar-refractivity contribution >= 4 is 43.6 Å². The third-order valence-corrected chi connectivity index (χ3v) is 6.71. The van der Waals surface area contributed by atoms with Crippen molar-refractivity contribution in [3.05, 3.63) is 203 Å². The highest BCUT2D eigenvalue weighted by molar-refractivity contribution is 6.02. The van der Waals surface area contributed by atoms with Gasteiger partial charge in [0.15, 0.2) is 0 Å². The van der Waals surface area contributed by atoms with Gasteiger partial charge in [0, 0.05) is 71.1 Å². The molecular formula is C41H33N11. The highest BCUT2D eigenvalue weighted by Crippen LogP contribution is 2.20. The van der Waals surface area contributed by atoms with E-state index in [2.05, 4.69) is 91.2 Å². The minimum absolute atomic E-state index is 0.977. The lowest BCUT2D eigenvalue weighted by molar-refractivity contribution is 1.05. The van der Waals surface area contributed by atoms with Gasteiger partial charge in [0.05, 0.1) is 22.1 Å². The zero-order chi connectivity index (χ0) is 35.7. The molecule has 0 N–H and O–H groups in total. The molecule has 0 fully saturated rings. The molecule has 0 amide bonds. The Kier molecular flexibility index (Phi) is 14.7. The summed E-state index contributed by atoms with van der Waals surface area (Å²) < 4.78 is 0. The summed E-state index contributed by atoms with van der Waals surface area (Å²) in [6.07, 6.45) is 21.5. The van der Waals surface area contributed by atoms with Gasteiger partial charge in [-0.25, -0.2) is 34.9 Å². The Bertz CT molecular complexity index is 2030. The Balaban J connectivity index is 0.000000125. The highest BCUT2D eigenvalue weighted by atomic mass is 14.9. The van der Waals surface area contributed by atoms with Crippen LogP contribution in [0.25, 0.3) is 43.6 Å². The molecule has 0 atom stereocenters. The summed E-state index contributed by atoms with van der Waals surface area (Å²) in [6.45, 7) is 0. The molecule has 252 valence electrons. The lowest BCUT2D eigenvalue weighted by Crippen LogP contribution is -1.83. The number of aromatic nitrogens is 11. The molecule has 10 rings (SSSR count). The predicted molar refractivity (Wildman–Crippen MR) is 204 cm³/mol. The lowest BCUT2D eigenvalue weighted by atomic mass is 10.1. The Morgan fingerprint density at radius 1 is 0.250 bits per heavy atom. The van der Waals surface area contributed by atoms with Crippen molar-refractivity contribution in [2.24, 2.45) is 0 Å². The Morgan fingerprint density at radius 2 is 0.731 bits per heavy atom.